The van der Waals surface area contributed by atoms with E-state index >= 15 is 0 Å². The van der Waals surface area contributed by atoms with Gasteiger partial charge in [0, 0.05) is 44.4 Å². The maximum Gasteiger partial charge on any atom is 0.0900 e. The lowest BCUT2D eigenvalue weighted by Crippen LogP contribution is -2.48. The number of ether oxygens (including phenoxy) is 1. The van der Waals surface area contributed by atoms with E-state index in [0.717, 1.165) is 31.7 Å². The lowest BCUT2D eigenvalue weighted by molar-refractivity contribution is 0.0307. The van der Waals surface area contributed by atoms with E-state index in [1.54, 1.807) is 7.11 Å². The Morgan fingerprint density at radius 1 is 1.18 bits per heavy atom. The number of methoxy groups -OCH3 is 1. The average Bonchev–Trinajstić information content (AvgIpc) is 3.26. The molecular weight excluding hydrogens is 278 g/mol. The number of nitrogens with zero attached hydrogens (tertiary/aromatic N) is 2. The third-order valence-electron chi connectivity index (χ3n) is 5.53. The molecule has 0 aromatic rings. The molecular formula is C17H33N3O2. The van der Waals surface area contributed by atoms with Crippen LogP contribution in [0.5, 0.6) is 0 Å². The van der Waals surface area contributed by atoms with Crippen molar-refractivity contribution in [3.05, 3.63) is 0 Å². The molecule has 22 heavy (non-hydrogen) atoms. The largest absolute Gasteiger partial charge is 0.389 e. The Bertz CT molecular complexity index is 343. The van der Waals surface area contributed by atoms with Crippen LogP contribution < -0.4 is 5.32 Å². The van der Waals surface area contributed by atoms with Gasteiger partial charge in [0.25, 0.3) is 0 Å². The van der Waals surface area contributed by atoms with Crippen molar-refractivity contribution in [1.29, 1.82) is 0 Å². The molecule has 1 aliphatic carbocycles. The zero-order valence-corrected chi connectivity index (χ0v) is 14.2. The standard InChI is InChI=1S/C17H33N3O2/c1-13-9-15(10-20(13)16-3-4-16)18-14-5-7-19(8-6-14)11-17(21)12-22-2/h13-18,21H,3-12H2,1-2H3. The van der Waals surface area contributed by atoms with Gasteiger partial charge in [-0.15, -0.1) is 0 Å². The first-order chi connectivity index (χ1) is 10.7. The molecule has 1 saturated carbocycles. The summed E-state index contributed by atoms with van der Waals surface area (Å²) in [7, 11) is 1.65. The fourth-order valence-corrected chi connectivity index (χ4v) is 4.25. The third-order valence-corrected chi connectivity index (χ3v) is 5.53. The Morgan fingerprint density at radius 2 is 1.91 bits per heavy atom. The number of nitrogens with one attached hydrogen (secondary N) is 1. The summed E-state index contributed by atoms with van der Waals surface area (Å²) in [5.74, 6) is 0. The normalized spacial score (nSPS) is 33.4. The maximum atomic E-state index is 9.83. The summed E-state index contributed by atoms with van der Waals surface area (Å²) in [4.78, 5) is 5.09. The second-order valence-electron chi connectivity index (χ2n) is 7.56. The summed E-state index contributed by atoms with van der Waals surface area (Å²) in [5, 5.41) is 13.7. The van der Waals surface area contributed by atoms with E-state index in [9.17, 15) is 5.11 Å². The lowest BCUT2D eigenvalue weighted by atomic mass is 10.0. The molecule has 0 aromatic heterocycles. The molecule has 3 unspecified atom stereocenters. The fraction of sp³-hybridized carbons (Fsp3) is 1.00. The van der Waals surface area contributed by atoms with Gasteiger partial charge in [0.05, 0.1) is 12.7 Å². The molecule has 128 valence electrons. The lowest BCUT2D eigenvalue weighted by Gasteiger charge is -2.34. The topological polar surface area (TPSA) is 48.0 Å². The second-order valence-corrected chi connectivity index (χ2v) is 7.56. The Labute approximate surface area is 135 Å². The minimum atomic E-state index is -0.350. The first-order valence-corrected chi connectivity index (χ1v) is 9.07. The van der Waals surface area contributed by atoms with E-state index in [1.807, 2.05) is 0 Å². The van der Waals surface area contributed by atoms with Gasteiger partial charge in [0.15, 0.2) is 0 Å². The Morgan fingerprint density at radius 3 is 2.55 bits per heavy atom. The third kappa shape index (κ3) is 4.42. The van der Waals surface area contributed by atoms with Crippen LogP contribution in [0.25, 0.3) is 0 Å². The van der Waals surface area contributed by atoms with Crippen LogP contribution in [-0.4, -0.2) is 85.1 Å². The Hall–Kier alpha value is -0.200. The van der Waals surface area contributed by atoms with Gasteiger partial charge in [0.1, 0.15) is 0 Å². The first-order valence-electron chi connectivity index (χ1n) is 9.07. The van der Waals surface area contributed by atoms with Crippen molar-refractivity contribution in [2.45, 2.75) is 69.3 Å². The van der Waals surface area contributed by atoms with Crippen LogP contribution in [0.3, 0.4) is 0 Å². The highest BCUT2D eigenvalue weighted by molar-refractivity contribution is 4.97. The molecule has 2 saturated heterocycles. The van der Waals surface area contributed by atoms with Crippen molar-refractivity contribution in [1.82, 2.24) is 15.1 Å². The van der Waals surface area contributed by atoms with Gasteiger partial charge in [-0.2, -0.15) is 0 Å². The maximum absolute atomic E-state index is 9.83. The van der Waals surface area contributed by atoms with Gasteiger partial charge in [-0.25, -0.2) is 0 Å². The summed E-state index contributed by atoms with van der Waals surface area (Å²) in [6, 6.07) is 3.00. The van der Waals surface area contributed by atoms with Crippen molar-refractivity contribution in [2.75, 3.05) is 39.9 Å². The molecule has 2 N–H and O–H groups in total. The summed E-state index contributed by atoms with van der Waals surface area (Å²) < 4.78 is 5.01. The predicted molar refractivity (Wildman–Crippen MR) is 88.1 cm³/mol. The summed E-state index contributed by atoms with van der Waals surface area (Å²) in [6.07, 6.45) is 6.20. The molecule has 0 spiro atoms. The van der Waals surface area contributed by atoms with Crippen LogP contribution in [0.4, 0.5) is 0 Å². The molecule has 3 aliphatic rings. The average molecular weight is 311 g/mol. The molecule has 3 atom stereocenters. The van der Waals surface area contributed by atoms with Gasteiger partial charge in [-0.1, -0.05) is 0 Å². The minimum absolute atomic E-state index is 0.350. The van der Waals surface area contributed by atoms with E-state index in [4.69, 9.17) is 4.74 Å². The van der Waals surface area contributed by atoms with Crippen molar-refractivity contribution < 1.29 is 9.84 Å². The number of β-amino-alcohol motifs (C(OH)–C–C–N with tert-alkyl or cyclic N) is 1. The second kappa shape index (κ2) is 7.58. The number of aliphatic hydroxyl groups excluding tert-OH is 1. The van der Waals surface area contributed by atoms with Crippen molar-refractivity contribution in [3.63, 3.8) is 0 Å². The minimum Gasteiger partial charge on any atom is -0.389 e. The summed E-state index contributed by atoms with van der Waals surface area (Å²) >= 11 is 0. The van der Waals surface area contributed by atoms with Gasteiger partial charge in [-0.3, -0.25) is 4.90 Å². The van der Waals surface area contributed by atoms with E-state index in [-0.39, 0.29) is 6.10 Å². The van der Waals surface area contributed by atoms with Crippen molar-refractivity contribution in [3.8, 4) is 0 Å². The molecule has 3 rings (SSSR count). The quantitative estimate of drug-likeness (QED) is 0.724. The number of rotatable bonds is 7. The first kappa shape index (κ1) is 16.7. The summed E-state index contributed by atoms with van der Waals surface area (Å²) in [5.41, 5.74) is 0. The molecule has 0 aromatic carbocycles. The van der Waals surface area contributed by atoms with Crippen molar-refractivity contribution in [2.24, 2.45) is 0 Å². The van der Waals surface area contributed by atoms with Gasteiger partial charge >= 0.3 is 0 Å². The number of piperidine rings is 1. The molecule has 5 nitrogen and oxygen atoms in total. The zero-order chi connectivity index (χ0) is 15.5. The highest BCUT2D eigenvalue weighted by atomic mass is 16.5. The number of likely N-dealkylation sites (tertiary alicyclic amines) is 2. The molecule has 5 heteroatoms. The van der Waals surface area contributed by atoms with Crippen LogP contribution in [0.2, 0.25) is 0 Å². The van der Waals surface area contributed by atoms with Crippen LogP contribution in [-0.2, 0) is 4.74 Å². The van der Waals surface area contributed by atoms with Gasteiger partial charge < -0.3 is 20.1 Å². The Balaban J connectivity index is 1.35. The molecule has 2 heterocycles. The van der Waals surface area contributed by atoms with E-state index in [1.165, 1.54) is 38.6 Å². The van der Waals surface area contributed by atoms with Gasteiger partial charge in [0.2, 0.25) is 0 Å². The van der Waals surface area contributed by atoms with E-state index < -0.39 is 0 Å². The number of hydrogen-bond acceptors (Lipinski definition) is 5. The van der Waals surface area contributed by atoms with E-state index in [0.29, 0.717) is 18.7 Å². The number of aliphatic hydroxyl groups is 1. The van der Waals surface area contributed by atoms with Crippen LogP contribution in [0.1, 0.15) is 39.0 Å². The Kier molecular flexibility index (Phi) is 5.74. The van der Waals surface area contributed by atoms with Crippen LogP contribution in [0.15, 0.2) is 0 Å². The monoisotopic (exact) mass is 311 g/mol. The smallest absolute Gasteiger partial charge is 0.0900 e. The highest BCUT2D eigenvalue weighted by Crippen LogP contribution is 2.33. The SMILES string of the molecule is COCC(O)CN1CCC(NC2CC(C)N(C3CC3)C2)CC1. The summed E-state index contributed by atoms with van der Waals surface area (Å²) in [6.45, 7) is 7.00. The van der Waals surface area contributed by atoms with E-state index in [2.05, 4.69) is 22.0 Å². The zero-order valence-electron chi connectivity index (χ0n) is 14.2. The molecule has 3 fully saturated rings. The van der Waals surface area contributed by atoms with Crippen molar-refractivity contribution >= 4 is 0 Å². The highest BCUT2D eigenvalue weighted by Gasteiger charge is 2.39. The molecule has 0 amide bonds. The predicted octanol–water partition coefficient (Wildman–Crippen LogP) is 0.673. The molecule has 2 aliphatic heterocycles. The van der Waals surface area contributed by atoms with Crippen LogP contribution in [0, 0.1) is 0 Å². The van der Waals surface area contributed by atoms with Gasteiger partial charge in [-0.05, 0) is 52.1 Å². The fourth-order valence-electron chi connectivity index (χ4n) is 4.25. The van der Waals surface area contributed by atoms with Crippen LogP contribution >= 0.6 is 0 Å². The molecule has 0 bridgehead atoms. The molecule has 0 radical (unpaired) electrons. The number of hydrogen-bond donors (Lipinski definition) is 2.